The van der Waals surface area contributed by atoms with Gasteiger partial charge < -0.3 is 20.8 Å². The Bertz CT molecular complexity index is 616. The fourth-order valence-corrected chi connectivity index (χ4v) is 3.06. The van der Waals surface area contributed by atoms with Gasteiger partial charge in [-0.25, -0.2) is 4.98 Å². The minimum atomic E-state index is -0.585. The van der Waals surface area contributed by atoms with E-state index in [4.69, 9.17) is 10.2 Å². The summed E-state index contributed by atoms with van der Waals surface area (Å²) in [7, 11) is 0. The summed E-state index contributed by atoms with van der Waals surface area (Å²) >= 11 is 0. The number of oxazole rings is 1. The van der Waals surface area contributed by atoms with Crippen molar-refractivity contribution in [2.75, 3.05) is 26.2 Å². The quantitative estimate of drug-likeness (QED) is 0.613. The summed E-state index contributed by atoms with van der Waals surface area (Å²) in [5.41, 5.74) is 6.70. The summed E-state index contributed by atoms with van der Waals surface area (Å²) in [5, 5.41) is 5.50. The topological polar surface area (TPSA) is 113 Å². The van der Waals surface area contributed by atoms with E-state index in [2.05, 4.69) is 20.5 Å². The molecule has 27 heavy (non-hydrogen) atoms. The van der Waals surface area contributed by atoms with Gasteiger partial charge in [-0.05, 0) is 51.6 Å². The number of nitrogens with two attached hydrogens (primary N) is 1. The van der Waals surface area contributed by atoms with E-state index < -0.39 is 6.04 Å². The highest BCUT2D eigenvalue weighted by Gasteiger charge is 2.22. The van der Waals surface area contributed by atoms with Gasteiger partial charge in [0.2, 0.25) is 17.7 Å². The molecule has 0 aromatic carbocycles. The number of nitrogens with one attached hydrogen (secondary N) is 2. The van der Waals surface area contributed by atoms with Crippen LogP contribution < -0.4 is 16.4 Å². The van der Waals surface area contributed by atoms with Crippen molar-refractivity contribution in [3.05, 3.63) is 17.3 Å². The van der Waals surface area contributed by atoms with E-state index in [1.807, 2.05) is 27.7 Å². The van der Waals surface area contributed by atoms with Crippen LogP contribution in [0.15, 0.2) is 4.42 Å². The molecule has 2 amide bonds. The Balaban J connectivity index is 1.62. The molecule has 8 nitrogen and oxygen atoms in total. The molecule has 1 aliphatic heterocycles. The van der Waals surface area contributed by atoms with Gasteiger partial charge in [0.05, 0.1) is 24.8 Å². The monoisotopic (exact) mass is 379 g/mol. The van der Waals surface area contributed by atoms with Crippen LogP contribution in [0.5, 0.6) is 0 Å². The van der Waals surface area contributed by atoms with Crippen LogP contribution >= 0.6 is 0 Å². The molecule has 0 bridgehead atoms. The molecule has 152 valence electrons. The molecule has 0 spiro atoms. The number of piperidine rings is 1. The molecule has 8 heteroatoms. The molecular weight excluding hydrogens is 346 g/mol. The normalized spacial score (nSPS) is 17.1. The van der Waals surface area contributed by atoms with Gasteiger partial charge in [0.15, 0.2) is 0 Å². The molecule has 4 N–H and O–H groups in total. The Kier molecular flexibility index (Phi) is 7.79. The third kappa shape index (κ3) is 6.62. The Hall–Kier alpha value is -1.93. The van der Waals surface area contributed by atoms with Crippen LogP contribution in [-0.2, 0) is 16.1 Å². The van der Waals surface area contributed by atoms with Crippen molar-refractivity contribution in [3.8, 4) is 0 Å². The standard InChI is InChI=1S/C19H33N5O3/c1-12(2)18(20)19(26)22-10-16(25)21-9-15-5-7-24(8-6-15)11-17-23-13(3)14(4)27-17/h12,15,18H,5-11,20H2,1-4H3,(H,21,25)(H,22,26)/t18-/m0/s1. The van der Waals surface area contributed by atoms with E-state index >= 15 is 0 Å². The average molecular weight is 380 g/mol. The van der Waals surface area contributed by atoms with Crippen molar-refractivity contribution < 1.29 is 14.0 Å². The number of amides is 2. The fraction of sp³-hybridized carbons (Fsp3) is 0.737. The number of likely N-dealkylation sites (tertiary alicyclic amines) is 1. The smallest absolute Gasteiger partial charge is 0.239 e. The number of nitrogens with zero attached hydrogens (tertiary/aromatic N) is 2. The summed E-state index contributed by atoms with van der Waals surface area (Å²) in [4.78, 5) is 30.5. The van der Waals surface area contributed by atoms with Gasteiger partial charge in [-0.2, -0.15) is 0 Å². The van der Waals surface area contributed by atoms with Gasteiger partial charge in [-0.3, -0.25) is 14.5 Å². The van der Waals surface area contributed by atoms with E-state index in [-0.39, 0.29) is 24.3 Å². The maximum atomic E-state index is 11.9. The first-order valence-corrected chi connectivity index (χ1v) is 9.71. The molecule has 1 aromatic rings. The van der Waals surface area contributed by atoms with Gasteiger partial charge in [0.25, 0.3) is 0 Å². The summed E-state index contributed by atoms with van der Waals surface area (Å²) in [5.74, 6) is 1.68. The van der Waals surface area contributed by atoms with Crippen molar-refractivity contribution in [2.45, 2.75) is 53.1 Å². The minimum Gasteiger partial charge on any atom is -0.444 e. The first-order valence-electron chi connectivity index (χ1n) is 9.71. The van der Waals surface area contributed by atoms with Crippen molar-refractivity contribution in [1.82, 2.24) is 20.5 Å². The fourth-order valence-electron chi connectivity index (χ4n) is 3.06. The van der Waals surface area contributed by atoms with Gasteiger partial charge in [-0.1, -0.05) is 13.8 Å². The van der Waals surface area contributed by atoms with Crippen LogP contribution in [-0.4, -0.2) is 53.9 Å². The third-order valence-corrected chi connectivity index (χ3v) is 5.17. The second-order valence-corrected chi connectivity index (χ2v) is 7.76. The maximum Gasteiger partial charge on any atom is 0.239 e. The minimum absolute atomic E-state index is 0.0268. The lowest BCUT2D eigenvalue weighted by atomic mass is 9.97. The molecule has 1 aromatic heterocycles. The first-order chi connectivity index (χ1) is 12.8. The number of hydrogen-bond acceptors (Lipinski definition) is 6. The Morgan fingerprint density at radius 1 is 1.26 bits per heavy atom. The number of carbonyl (C=O) groups is 2. The van der Waals surface area contributed by atoms with Crippen molar-refractivity contribution >= 4 is 11.8 Å². The second kappa shape index (κ2) is 9.85. The zero-order chi connectivity index (χ0) is 20.0. The zero-order valence-electron chi connectivity index (χ0n) is 16.9. The summed E-state index contributed by atoms with van der Waals surface area (Å²) in [6, 6.07) is -0.585. The van der Waals surface area contributed by atoms with E-state index in [1.54, 1.807) is 0 Å². The van der Waals surface area contributed by atoms with Gasteiger partial charge in [0, 0.05) is 6.54 Å². The first kappa shape index (κ1) is 21.4. The van der Waals surface area contributed by atoms with Gasteiger partial charge in [-0.15, -0.1) is 0 Å². The molecule has 1 fully saturated rings. The molecule has 0 unspecified atom stereocenters. The van der Waals surface area contributed by atoms with E-state index in [0.717, 1.165) is 49.8 Å². The SMILES string of the molecule is Cc1nc(CN2CCC(CNC(=O)CNC(=O)[C@@H](N)C(C)C)CC2)oc1C. The maximum absolute atomic E-state index is 11.9. The molecule has 1 aliphatic rings. The van der Waals surface area contributed by atoms with E-state index in [9.17, 15) is 9.59 Å². The van der Waals surface area contributed by atoms with Crippen molar-refractivity contribution in [2.24, 2.45) is 17.6 Å². The molecular formula is C19H33N5O3. The predicted octanol–water partition coefficient (Wildman–Crippen LogP) is 0.719. The second-order valence-electron chi connectivity index (χ2n) is 7.76. The summed E-state index contributed by atoms with van der Waals surface area (Å²) in [6.45, 7) is 10.9. The molecule has 1 saturated heterocycles. The zero-order valence-corrected chi connectivity index (χ0v) is 16.9. The summed E-state index contributed by atoms with van der Waals surface area (Å²) in [6.07, 6.45) is 2.03. The van der Waals surface area contributed by atoms with Gasteiger partial charge >= 0.3 is 0 Å². The van der Waals surface area contributed by atoms with Crippen LogP contribution in [0.3, 0.4) is 0 Å². The molecule has 0 radical (unpaired) electrons. The van der Waals surface area contributed by atoms with Crippen LogP contribution in [0.4, 0.5) is 0 Å². The lowest BCUT2D eigenvalue weighted by Crippen LogP contribution is -2.47. The number of aromatic nitrogens is 1. The van der Waals surface area contributed by atoms with Crippen LogP contribution in [0.25, 0.3) is 0 Å². The molecule has 0 saturated carbocycles. The van der Waals surface area contributed by atoms with E-state index in [0.29, 0.717) is 12.5 Å². The number of carbonyl (C=O) groups excluding carboxylic acids is 2. The predicted molar refractivity (Wildman–Crippen MR) is 103 cm³/mol. The highest BCUT2D eigenvalue weighted by molar-refractivity contribution is 5.87. The Labute approximate surface area is 161 Å². The molecule has 1 atom stereocenters. The molecule has 0 aliphatic carbocycles. The van der Waals surface area contributed by atoms with Crippen molar-refractivity contribution in [1.29, 1.82) is 0 Å². The Morgan fingerprint density at radius 3 is 2.48 bits per heavy atom. The summed E-state index contributed by atoms with van der Waals surface area (Å²) < 4.78 is 5.65. The lowest BCUT2D eigenvalue weighted by Gasteiger charge is -2.31. The van der Waals surface area contributed by atoms with Gasteiger partial charge in [0.1, 0.15) is 5.76 Å². The number of aryl methyl sites for hydroxylation is 2. The highest BCUT2D eigenvalue weighted by atomic mass is 16.4. The lowest BCUT2D eigenvalue weighted by molar-refractivity contribution is -0.127. The van der Waals surface area contributed by atoms with Crippen LogP contribution in [0.2, 0.25) is 0 Å². The third-order valence-electron chi connectivity index (χ3n) is 5.17. The molecule has 2 heterocycles. The number of hydrogen-bond donors (Lipinski definition) is 3. The molecule has 2 rings (SSSR count). The number of rotatable bonds is 8. The highest BCUT2D eigenvalue weighted by Crippen LogP contribution is 2.19. The largest absolute Gasteiger partial charge is 0.444 e. The van der Waals surface area contributed by atoms with Crippen LogP contribution in [0.1, 0.15) is 44.0 Å². The van der Waals surface area contributed by atoms with Crippen molar-refractivity contribution in [3.63, 3.8) is 0 Å². The van der Waals surface area contributed by atoms with Crippen LogP contribution in [0, 0.1) is 25.7 Å². The Morgan fingerprint density at radius 2 is 1.93 bits per heavy atom. The van der Waals surface area contributed by atoms with E-state index in [1.165, 1.54) is 0 Å². The average Bonchev–Trinajstić information content (AvgIpc) is 2.95.